The summed E-state index contributed by atoms with van der Waals surface area (Å²) in [6.45, 7) is 3.46. The van der Waals surface area contributed by atoms with Crippen LogP contribution in [0.25, 0.3) is 22.6 Å². The molecule has 1 atom stereocenters. The van der Waals surface area contributed by atoms with Crippen molar-refractivity contribution in [2.24, 2.45) is 0 Å². The van der Waals surface area contributed by atoms with E-state index >= 15 is 0 Å². The fourth-order valence-corrected chi connectivity index (χ4v) is 3.08. The Bertz CT molecular complexity index is 1150. The number of hydrogen-bond donors (Lipinski definition) is 0. The Balaban J connectivity index is 1.37. The van der Waals surface area contributed by atoms with Crippen molar-refractivity contribution in [3.05, 3.63) is 90.3 Å². The fourth-order valence-electron chi connectivity index (χ4n) is 3.08. The molecule has 3 aromatic carbocycles. The van der Waals surface area contributed by atoms with Gasteiger partial charge >= 0.3 is 5.97 Å². The standard InChI is InChI=1S/C25H22N2O4/c1-17-12-14-20(15-13-17)25-27-26-24(31-25)18(2)30-23(28)16-29-22-11-7-6-10-21(22)19-8-4-3-5-9-19/h3-15,18H,16H2,1-2H3. The molecule has 0 aliphatic heterocycles. The van der Waals surface area contributed by atoms with Crippen LogP contribution >= 0.6 is 0 Å². The molecular formula is C25H22N2O4. The Morgan fingerprint density at radius 2 is 1.61 bits per heavy atom. The van der Waals surface area contributed by atoms with E-state index in [4.69, 9.17) is 13.9 Å². The third-order valence-electron chi connectivity index (χ3n) is 4.71. The van der Waals surface area contributed by atoms with Crippen LogP contribution < -0.4 is 4.74 Å². The minimum atomic E-state index is -0.688. The average Bonchev–Trinajstić information content (AvgIpc) is 3.29. The molecule has 31 heavy (non-hydrogen) atoms. The topological polar surface area (TPSA) is 74.5 Å². The largest absolute Gasteiger partial charge is 0.481 e. The van der Waals surface area contributed by atoms with Gasteiger partial charge in [0.05, 0.1) is 0 Å². The van der Waals surface area contributed by atoms with Gasteiger partial charge in [0.15, 0.2) is 12.7 Å². The number of aromatic nitrogens is 2. The number of carbonyl (C=O) groups is 1. The molecular weight excluding hydrogens is 392 g/mol. The van der Waals surface area contributed by atoms with E-state index in [1.807, 2.05) is 85.8 Å². The Morgan fingerprint density at radius 1 is 0.903 bits per heavy atom. The molecule has 1 unspecified atom stereocenters. The molecule has 0 bridgehead atoms. The third-order valence-corrected chi connectivity index (χ3v) is 4.71. The van der Waals surface area contributed by atoms with E-state index in [1.54, 1.807) is 6.92 Å². The van der Waals surface area contributed by atoms with E-state index in [9.17, 15) is 4.79 Å². The summed E-state index contributed by atoms with van der Waals surface area (Å²) < 4.78 is 16.8. The number of esters is 1. The van der Waals surface area contributed by atoms with E-state index in [0.717, 1.165) is 22.3 Å². The summed E-state index contributed by atoms with van der Waals surface area (Å²) in [4.78, 5) is 12.3. The van der Waals surface area contributed by atoms with Gasteiger partial charge in [0.2, 0.25) is 5.89 Å². The normalized spacial score (nSPS) is 11.7. The Morgan fingerprint density at radius 3 is 2.39 bits per heavy atom. The van der Waals surface area contributed by atoms with Gasteiger partial charge in [-0.2, -0.15) is 0 Å². The van der Waals surface area contributed by atoms with Crippen molar-refractivity contribution < 1.29 is 18.7 Å². The average molecular weight is 414 g/mol. The number of hydrogen-bond acceptors (Lipinski definition) is 6. The molecule has 1 heterocycles. The number of rotatable bonds is 7. The van der Waals surface area contributed by atoms with Crippen molar-refractivity contribution in [1.29, 1.82) is 0 Å². The van der Waals surface area contributed by atoms with Gasteiger partial charge in [0.1, 0.15) is 5.75 Å². The zero-order valence-electron chi connectivity index (χ0n) is 17.3. The predicted molar refractivity (Wildman–Crippen MR) is 116 cm³/mol. The van der Waals surface area contributed by atoms with E-state index < -0.39 is 12.1 Å². The number of para-hydroxylation sites is 1. The molecule has 0 aliphatic carbocycles. The molecule has 0 amide bonds. The van der Waals surface area contributed by atoms with Gasteiger partial charge in [-0.1, -0.05) is 66.2 Å². The number of nitrogens with zero attached hydrogens (tertiary/aromatic N) is 2. The minimum absolute atomic E-state index is 0.229. The van der Waals surface area contributed by atoms with Gasteiger partial charge in [-0.05, 0) is 37.6 Å². The van der Waals surface area contributed by atoms with Crippen molar-refractivity contribution in [2.45, 2.75) is 20.0 Å². The summed E-state index contributed by atoms with van der Waals surface area (Å²) in [5, 5.41) is 8.05. The van der Waals surface area contributed by atoms with Gasteiger partial charge in [0.25, 0.3) is 5.89 Å². The molecule has 6 heteroatoms. The lowest BCUT2D eigenvalue weighted by atomic mass is 10.1. The highest BCUT2D eigenvalue weighted by molar-refractivity contribution is 5.73. The first kappa shape index (κ1) is 20.3. The van der Waals surface area contributed by atoms with E-state index in [0.29, 0.717) is 11.6 Å². The highest BCUT2D eigenvalue weighted by Gasteiger charge is 2.19. The maximum atomic E-state index is 12.3. The van der Waals surface area contributed by atoms with Crippen LogP contribution in [0.1, 0.15) is 24.5 Å². The molecule has 0 N–H and O–H groups in total. The Hall–Kier alpha value is -3.93. The van der Waals surface area contributed by atoms with E-state index in [-0.39, 0.29) is 12.5 Å². The number of ether oxygens (including phenoxy) is 2. The maximum Gasteiger partial charge on any atom is 0.344 e. The molecule has 4 aromatic rings. The number of carbonyl (C=O) groups excluding carboxylic acids is 1. The maximum absolute atomic E-state index is 12.3. The number of benzene rings is 3. The first-order valence-electron chi connectivity index (χ1n) is 9.97. The molecule has 4 rings (SSSR count). The SMILES string of the molecule is Cc1ccc(-c2nnc(C(C)OC(=O)COc3ccccc3-c3ccccc3)o2)cc1. The van der Waals surface area contributed by atoms with E-state index in [2.05, 4.69) is 10.2 Å². The predicted octanol–water partition coefficient (Wildman–Crippen LogP) is 5.40. The van der Waals surface area contributed by atoms with Gasteiger partial charge in [-0.15, -0.1) is 10.2 Å². The molecule has 1 aromatic heterocycles. The molecule has 0 radical (unpaired) electrons. The van der Waals surface area contributed by atoms with E-state index in [1.165, 1.54) is 0 Å². The van der Waals surface area contributed by atoms with Gasteiger partial charge in [-0.3, -0.25) is 0 Å². The van der Waals surface area contributed by atoms with Gasteiger partial charge in [-0.25, -0.2) is 4.79 Å². The van der Waals surface area contributed by atoms with Crippen molar-refractivity contribution in [3.63, 3.8) is 0 Å². The molecule has 0 aliphatic rings. The van der Waals surface area contributed by atoms with Crippen molar-refractivity contribution in [1.82, 2.24) is 10.2 Å². The second kappa shape index (κ2) is 9.26. The van der Waals surface area contributed by atoms with Crippen LogP contribution in [0.3, 0.4) is 0 Å². The van der Waals surface area contributed by atoms with Crippen LogP contribution in [-0.2, 0) is 9.53 Å². The molecule has 6 nitrogen and oxygen atoms in total. The first-order valence-corrected chi connectivity index (χ1v) is 9.97. The minimum Gasteiger partial charge on any atom is -0.481 e. The van der Waals surface area contributed by atoms with Gasteiger partial charge in [0, 0.05) is 11.1 Å². The molecule has 0 saturated heterocycles. The summed E-state index contributed by atoms with van der Waals surface area (Å²) in [6, 6.07) is 25.1. The summed E-state index contributed by atoms with van der Waals surface area (Å²) in [5.74, 6) is 0.697. The zero-order chi connectivity index (χ0) is 21.6. The van der Waals surface area contributed by atoms with Gasteiger partial charge < -0.3 is 13.9 Å². The quantitative estimate of drug-likeness (QED) is 0.377. The third kappa shape index (κ3) is 4.98. The lowest BCUT2D eigenvalue weighted by Crippen LogP contribution is -2.17. The van der Waals surface area contributed by atoms with Crippen molar-refractivity contribution in [2.75, 3.05) is 6.61 Å². The van der Waals surface area contributed by atoms with Crippen molar-refractivity contribution >= 4 is 5.97 Å². The highest BCUT2D eigenvalue weighted by Crippen LogP contribution is 2.29. The lowest BCUT2D eigenvalue weighted by Gasteiger charge is -2.13. The Labute approximate surface area is 180 Å². The summed E-state index contributed by atoms with van der Waals surface area (Å²) in [7, 11) is 0. The molecule has 0 saturated carbocycles. The number of aryl methyl sites for hydroxylation is 1. The van der Waals surface area contributed by atoms with Crippen LogP contribution in [0.15, 0.2) is 83.3 Å². The lowest BCUT2D eigenvalue weighted by molar-refractivity contribution is -0.152. The van der Waals surface area contributed by atoms with Crippen LogP contribution in [-0.4, -0.2) is 22.8 Å². The zero-order valence-corrected chi connectivity index (χ0v) is 17.3. The van der Waals surface area contributed by atoms with Crippen molar-refractivity contribution in [3.8, 4) is 28.3 Å². The molecule has 0 fully saturated rings. The van der Waals surface area contributed by atoms with Crippen LogP contribution in [0.4, 0.5) is 0 Å². The summed E-state index contributed by atoms with van der Waals surface area (Å²) in [5.41, 5.74) is 3.86. The molecule has 156 valence electrons. The van der Waals surface area contributed by atoms with Crippen LogP contribution in [0, 0.1) is 6.92 Å². The fraction of sp³-hybridized carbons (Fsp3) is 0.160. The Kier molecular flexibility index (Phi) is 6.08. The summed E-state index contributed by atoms with van der Waals surface area (Å²) in [6.07, 6.45) is -0.688. The monoisotopic (exact) mass is 414 g/mol. The van der Waals surface area contributed by atoms with Crippen LogP contribution in [0.2, 0.25) is 0 Å². The molecule has 0 spiro atoms. The van der Waals surface area contributed by atoms with Crippen LogP contribution in [0.5, 0.6) is 5.75 Å². The highest BCUT2D eigenvalue weighted by atomic mass is 16.6. The second-order valence-electron chi connectivity index (χ2n) is 7.09. The summed E-state index contributed by atoms with van der Waals surface area (Å²) >= 11 is 0. The smallest absolute Gasteiger partial charge is 0.344 e. The first-order chi connectivity index (χ1) is 15.1. The second-order valence-corrected chi connectivity index (χ2v) is 7.09.